The van der Waals surface area contributed by atoms with E-state index < -0.39 is 0 Å². The molecule has 2 heterocycles. The maximum atomic E-state index is 12.8. The molecule has 28 heavy (non-hydrogen) atoms. The highest BCUT2D eigenvalue weighted by Gasteiger charge is 2.26. The molecule has 3 aromatic rings. The van der Waals surface area contributed by atoms with Gasteiger partial charge in [0.25, 0.3) is 11.8 Å². The number of rotatable bonds is 3. The van der Waals surface area contributed by atoms with Crippen molar-refractivity contribution in [2.75, 3.05) is 26.2 Å². The van der Waals surface area contributed by atoms with Crippen LogP contribution in [0.3, 0.4) is 0 Å². The zero-order valence-electron chi connectivity index (χ0n) is 15.4. The fourth-order valence-electron chi connectivity index (χ4n) is 3.30. The first-order chi connectivity index (χ1) is 13.7. The van der Waals surface area contributed by atoms with Gasteiger partial charge in [-0.25, -0.2) is 4.98 Å². The second-order valence-corrected chi connectivity index (χ2v) is 6.62. The highest BCUT2D eigenvalue weighted by molar-refractivity contribution is 5.95. The first kappa shape index (κ1) is 17.9. The standard InChI is InChI=1S/C22H20N4O2/c27-21(19-8-6-18(7-9-19)17-4-2-1-3-5-17)25-12-14-26(15-13-25)22(28)20-16-23-10-11-24-20/h1-11,16H,12-15H2. The monoisotopic (exact) mass is 372 g/mol. The van der Waals surface area contributed by atoms with E-state index in [-0.39, 0.29) is 11.8 Å². The second-order valence-electron chi connectivity index (χ2n) is 6.62. The Morgan fingerprint density at radius 3 is 1.93 bits per heavy atom. The first-order valence-electron chi connectivity index (χ1n) is 9.22. The van der Waals surface area contributed by atoms with Crippen molar-refractivity contribution in [1.82, 2.24) is 19.8 Å². The topological polar surface area (TPSA) is 66.4 Å². The number of carbonyl (C=O) groups excluding carboxylic acids is 2. The van der Waals surface area contributed by atoms with Gasteiger partial charge in [-0.1, -0.05) is 42.5 Å². The lowest BCUT2D eigenvalue weighted by atomic mass is 10.0. The Morgan fingerprint density at radius 1 is 0.714 bits per heavy atom. The molecule has 140 valence electrons. The van der Waals surface area contributed by atoms with Gasteiger partial charge in [-0.2, -0.15) is 0 Å². The number of aromatic nitrogens is 2. The third kappa shape index (κ3) is 3.76. The van der Waals surface area contributed by atoms with Crippen molar-refractivity contribution in [3.63, 3.8) is 0 Å². The SMILES string of the molecule is O=C(c1ccc(-c2ccccc2)cc1)N1CCN(C(=O)c2cnccn2)CC1. The molecule has 0 bridgehead atoms. The average molecular weight is 372 g/mol. The molecular weight excluding hydrogens is 352 g/mol. The molecule has 1 fully saturated rings. The summed E-state index contributed by atoms with van der Waals surface area (Å²) >= 11 is 0. The van der Waals surface area contributed by atoms with Crippen LogP contribution in [0.1, 0.15) is 20.8 Å². The van der Waals surface area contributed by atoms with Gasteiger partial charge in [-0.05, 0) is 23.3 Å². The van der Waals surface area contributed by atoms with E-state index in [0.29, 0.717) is 37.4 Å². The minimum Gasteiger partial charge on any atom is -0.335 e. The molecule has 1 saturated heterocycles. The van der Waals surface area contributed by atoms with Crippen LogP contribution >= 0.6 is 0 Å². The Labute approximate surface area is 163 Å². The predicted molar refractivity (Wildman–Crippen MR) is 106 cm³/mol. The minimum atomic E-state index is -0.146. The summed E-state index contributed by atoms with van der Waals surface area (Å²) in [6.45, 7) is 1.99. The summed E-state index contributed by atoms with van der Waals surface area (Å²) in [4.78, 5) is 36.7. The highest BCUT2D eigenvalue weighted by Crippen LogP contribution is 2.20. The Kier molecular flexibility index (Phi) is 5.10. The molecule has 0 unspecified atom stereocenters. The third-order valence-electron chi connectivity index (χ3n) is 4.88. The Hall–Kier alpha value is -3.54. The van der Waals surface area contributed by atoms with Gasteiger partial charge < -0.3 is 9.80 Å². The Balaban J connectivity index is 1.38. The van der Waals surface area contributed by atoms with Crippen LogP contribution in [0, 0.1) is 0 Å². The molecule has 6 heteroatoms. The van der Waals surface area contributed by atoms with Crippen molar-refractivity contribution < 1.29 is 9.59 Å². The number of carbonyl (C=O) groups is 2. The molecule has 2 amide bonds. The van der Waals surface area contributed by atoms with E-state index in [9.17, 15) is 9.59 Å². The van der Waals surface area contributed by atoms with Crippen LogP contribution < -0.4 is 0 Å². The van der Waals surface area contributed by atoms with E-state index in [1.807, 2.05) is 54.6 Å². The number of benzene rings is 2. The largest absolute Gasteiger partial charge is 0.335 e. The molecule has 0 N–H and O–H groups in total. The van der Waals surface area contributed by atoms with Crippen molar-refractivity contribution in [2.45, 2.75) is 0 Å². The van der Waals surface area contributed by atoms with Crippen LogP contribution in [0.15, 0.2) is 73.2 Å². The third-order valence-corrected chi connectivity index (χ3v) is 4.88. The first-order valence-corrected chi connectivity index (χ1v) is 9.22. The number of amides is 2. The van der Waals surface area contributed by atoms with Crippen LogP contribution in [-0.2, 0) is 0 Å². The van der Waals surface area contributed by atoms with E-state index in [1.54, 1.807) is 9.80 Å². The normalized spacial score (nSPS) is 14.0. The molecular formula is C22H20N4O2. The number of hydrogen-bond donors (Lipinski definition) is 0. The van der Waals surface area contributed by atoms with Crippen molar-refractivity contribution >= 4 is 11.8 Å². The van der Waals surface area contributed by atoms with Gasteiger partial charge in [0.15, 0.2) is 0 Å². The van der Waals surface area contributed by atoms with E-state index in [1.165, 1.54) is 18.6 Å². The van der Waals surface area contributed by atoms with Gasteiger partial charge in [0.2, 0.25) is 0 Å². The van der Waals surface area contributed by atoms with Gasteiger partial charge in [-0.15, -0.1) is 0 Å². The van der Waals surface area contributed by atoms with E-state index in [4.69, 9.17) is 0 Å². The van der Waals surface area contributed by atoms with Crippen molar-refractivity contribution in [3.8, 4) is 11.1 Å². The molecule has 1 aliphatic rings. The lowest BCUT2D eigenvalue weighted by molar-refractivity contribution is 0.0532. The van der Waals surface area contributed by atoms with Crippen molar-refractivity contribution in [1.29, 1.82) is 0 Å². The predicted octanol–water partition coefficient (Wildman–Crippen LogP) is 2.74. The van der Waals surface area contributed by atoms with Gasteiger partial charge in [-0.3, -0.25) is 14.6 Å². The van der Waals surface area contributed by atoms with Crippen LogP contribution in [0.4, 0.5) is 0 Å². The van der Waals surface area contributed by atoms with Gasteiger partial charge in [0.1, 0.15) is 5.69 Å². The summed E-state index contributed by atoms with van der Waals surface area (Å²) in [5.41, 5.74) is 3.20. The molecule has 0 spiro atoms. The van der Waals surface area contributed by atoms with Gasteiger partial charge >= 0.3 is 0 Å². The molecule has 0 radical (unpaired) electrons. The summed E-state index contributed by atoms with van der Waals surface area (Å²) in [7, 11) is 0. The number of hydrogen-bond acceptors (Lipinski definition) is 4. The van der Waals surface area contributed by atoms with E-state index >= 15 is 0 Å². The molecule has 0 atom stereocenters. The van der Waals surface area contributed by atoms with E-state index in [0.717, 1.165) is 11.1 Å². The smallest absolute Gasteiger partial charge is 0.274 e. The number of nitrogens with zero attached hydrogens (tertiary/aromatic N) is 4. The van der Waals surface area contributed by atoms with Crippen LogP contribution in [-0.4, -0.2) is 57.8 Å². The highest BCUT2D eigenvalue weighted by atomic mass is 16.2. The van der Waals surface area contributed by atoms with Crippen LogP contribution in [0.2, 0.25) is 0 Å². The average Bonchev–Trinajstić information content (AvgIpc) is 2.79. The lowest BCUT2D eigenvalue weighted by Crippen LogP contribution is -2.50. The molecule has 1 aromatic heterocycles. The zero-order chi connectivity index (χ0) is 19.3. The molecule has 1 aliphatic heterocycles. The maximum absolute atomic E-state index is 12.8. The second kappa shape index (κ2) is 8.00. The molecule has 4 rings (SSSR count). The maximum Gasteiger partial charge on any atom is 0.274 e. The van der Waals surface area contributed by atoms with Crippen molar-refractivity contribution in [2.24, 2.45) is 0 Å². The molecule has 0 saturated carbocycles. The summed E-state index contributed by atoms with van der Waals surface area (Å²) in [5.74, 6) is -0.154. The quantitative estimate of drug-likeness (QED) is 0.709. The zero-order valence-corrected chi connectivity index (χ0v) is 15.4. The Morgan fingerprint density at radius 2 is 1.32 bits per heavy atom. The summed E-state index contributed by atoms with van der Waals surface area (Å²) in [6.07, 6.45) is 4.51. The van der Waals surface area contributed by atoms with Crippen molar-refractivity contribution in [3.05, 3.63) is 84.4 Å². The molecule has 0 aliphatic carbocycles. The minimum absolute atomic E-state index is 0.00814. The summed E-state index contributed by atoms with van der Waals surface area (Å²) < 4.78 is 0. The van der Waals surface area contributed by atoms with Crippen LogP contribution in [0.5, 0.6) is 0 Å². The van der Waals surface area contributed by atoms with Gasteiger partial charge in [0.05, 0.1) is 6.20 Å². The fourth-order valence-corrected chi connectivity index (χ4v) is 3.30. The van der Waals surface area contributed by atoms with Crippen LogP contribution in [0.25, 0.3) is 11.1 Å². The van der Waals surface area contributed by atoms with E-state index in [2.05, 4.69) is 9.97 Å². The summed E-state index contributed by atoms with van der Waals surface area (Å²) in [5, 5.41) is 0. The summed E-state index contributed by atoms with van der Waals surface area (Å²) in [6, 6.07) is 17.7. The number of piperazine rings is 1. The molecule has 6 nitrogen and oxygen atoms in total. The Bertz CT molecular complexity index is 951. The lowest BCUT2D eigenvalue weighted by Gasteiger charge is -2.34. The fraction of sp³-hybridized carbons (Fsp3) is 0.182. The van der Waals surface area contributed by atoms with Gasteiger partial charge in [0, 0.05) is 44.1 Å². The molecule has 2 aromatic carbocycles.